The van der Waals surface area contributed by atoms with Gasteiger partial charge in [0.25, 0.3) is 0 Å². The van der Waals surface area contributed by atoms with E-state index in [9.17, 15) is 4.79 Å². The second-order valence-electron chi connectivity index (χ2n) is 6.75. The van der Waals surface area contributed by atoms with Gasteiger partial charge in [0.05, 0.1) is 7.11 Å². The Hall–Kier alpha value is -2.00. The highest BCUT2D eigenvalue weighted by atomic mass is 35.5. The Balaban J connectivity index is 1.46. The third-order valence-electron chi connectivity index (χ3n) is 5.04. The van der Waals surface area contributed by atoms with Crippen LogP contribution >= 0.6 is 11.6 Å². The molecular weight excluding hydrogens is 334 g/mol. The summed E-state index contributed by atoms with van der Waals surface area (Å²) in [6.07, 6.45) is 5.09. The third kappa shape index (κ3) is 4.99. The second kappa shape index (κ2) is 8.39. The first-order valence-electron chi connectivity index (χ1n) is 8.83. The van der Waals surface area contributed by atoms with Crippen molar-refractivity contribution in [3.05, 3.63) is 59.1 Å². The quantitative estimate of drug-likeness (QED) is 0.750. The molecule has 0 unspecified atom stereocenters. The van der Waals surface area contributed by atoms with E-state index >= 15 is 0 Å². The van der Waals surface area contributed by atoms with Gasteiger partial charge in [0.2, 0.25) is 5.91 Å². The molecule has 0 atom stereocenters. The molecular formula is C21H24ClNO2. The third-order valence-corrected chi connectivity index (χ3v) is 5.29. The summed E-state index contributed by atoms with van der Waals surface area (Å²) in [5, 5.41) is 3.64. The lowest BCUT2D eigenvalue weighted by atomic mass is 9.77. The molecule has 132 valence electrons. The van der Waals surface area contributed by atoms with Crippen LogP contribution in [0.2, 0.25) is 5.02 Å². The highest BCUT2D eigenvalue weighted by Crippen LogP contribution is 2.37. The van der Waals surface area contributed by atoms with Crippen LogP contribution in [0.5, 0.6) is 5.75 Å². The summed E-state index contributed by atoms with van der Waals surface area (Å²) < 4.78 is 5.22. The Kier molecular flexibility index (Phi) is 5.98. The van der Waals surface area contributed by atoms with Crippen LogP contribution in [0, 0.1) is 5.92 Å². The molecule has 0 radical (unpaired) electrons. The molecule has 0 aromatic heterocycles. The fourth-order valence-electron chi connectivity index (χ4n) is 3.58. The lowest BCUT2D eigenvalue weighted by Crippen LogP contribution is -2.20. The van der Waals surface area contributed by atoms with Gasteiger partial charge in [0.15, 0.2) is 0 Å². The van der Waals surface area contributed by atoms with Gasteiger partial charge < -0.3 is 10.1 Å². The van der Waals surface area contributed by atoms with Gasteiger partial charge in [-0.1, -0.05) is 23.7 Å². The highest BCUT2D eigenvalue weighted by Gasteiger charge is 2.24. The van der Waals surface area contributed by atoms with Gasteiger partial charge in [-0.2, -0.15) is 0 Å². The van der Waals surface area contributed by atoms with Gasteiger partial charge in [0.1, 0.15) is 5.75 Å². The van der Waals surface area contributed by atoms with Crippen molar-refractivity contribution in [1.29, 1.82) is 0 Å². The average molecular weight is 358 g/mol. The number of rotatable bonds is 5. The van der Waals surface area contributed by atoms with Crippen LogP contribution in [0.1, 0.15) is 43.6 Å². The molecule has 2 aromatic carbocycles. The molecule has 1 saturated carbocycles. The number of hydrogen-bond donors (Lipinski definition) is 1. The zero-order valence-electron chi connectivity index (χ0n) is 14.5. The summed E-state index contributed by atoms with van der Waals surface area (Å²) in [5.74, 6) is 2.06. The number of anilines is 1. The Morgan fingerprint density at radius 2 is 1.68 bits per heavy atom. The summed E-state index contributed by atoms with van der Waals surface area (Å²) >= 11 is 5.87. The van der Waals surface area contributed by atoms with Crippen molar-refractivity contribution >= 4 is 23.2 Å². The predicted molar refractivity (Wildman–Crippen MR) is 102 cm³/mol. The van der Waals surface area contributed by atoms with Crippen LogP contribution in [0.25, 0.3) is 0 Å². The van der Waals surface area contributed by atoms with Gasteiger partial charge in [-0.25, -0.2) is 0 Å². The van der Waals surface area contributed by atoms with Crippen LogP contribution in [-0.4, -0.2) is 13.0 Å². The normalized spacial score (nSPS) is 20.1. The number of halogens is 1. The number of amides is 1. The smallest absolute Gasteiger partial charge is 0.224 e. The van der Waals surface area contributed by atoms with Crippen molar-refractivity contribution < 1.29 is 9.53 Å². The molecule has 0 bridgehead atoms. The maximum absolute atomic E-state index is 12.2. The lowest BCUT2D eigenvalue weighted by Gasteiger charge is -2.28. The van der Waals surface area contributed by atoms with E-state index in [0.717, 1.165) is 37.1 Å². The van der Waals surface area contributed by atoms with E-state index in [4.69, 9.17) is 16.3 Å². The minimum absolute atomic E-state index is 0.0928. The maximum Gasteiger partial charge on any atom is 0.224 e. The standard InChI is InChI=1S/C21H24ClNO2/c1-25-20-12-6-17(7-13-20)16-4-2-15(3-5-16)14-21(24)23-19-10-8-18(22)9-11-19/h6-13,15-16H,2-5,14H2,1H3,(H,23,24)/t15-,16-. The molecule has 2 aromatic rings. The Morgan fingerprint density at radius 1 is 1.04 bits per heavy atom. The van der Waals surface area contributed by atoms with Gasteiger partial charge >= 0.3 is 0 Å². The predicted octanol–water partition coefficient (Wildman–Crippen LogP) is 5.65. The zero-order chi connectivity index (χ0) is 17.6. The largest absolute Gasteiger partial charge is 0.497 e. The molecule has 1 N–H and O–H groups in total. The highest BCUT2D eigenvalue weighted by molar-refractivity contribution is 6.30. The van der Waals surface area contributed by atoms with E-state index < -0.39 is 0 Å². The van der Waals surface area contributed by atoms with Crippen molar-refractivity contribution in [2.45, 2.75) is 38.0 Å². The number of ether oxygens (including phenoxy) is 1. The van der Waals surface area contributed by atoms with Gasteiger partial charge in [-0.05, 0) is 79.5 Å². The van der Waals surface area contributed by atoms with E-state index in [-0.39, 0.29) is 5.91 Å². The zero-order valence-corrected chi connectivity index (χ0v) is 15.3. The molecule has 0 spiro atoms. The van der Waals surface area contributed by atoms with Gasteiger partial charge in [-0.15, -0.1) is 0 Å². The van der Waals surface area contributed by atoms with Gasteiger partial charge in [-0.3, -0.25) is 4.79 Å². The van der Waals surface area contributed by atoms with Crippen LogP contribution in [0.4, 0.5) is 5.69 Å². The van der Waals surface area contributed by atoms with E-state index in [0.29, 0.717) is 23.3 Å². The van der Waals surface area contributed by atoms with Crippen molar-refractivity contribution in [3.63, 3.8) is 0 Å². The summed E-state index contributed by atoms with van der Waals surface area (Å²) in [4.78, 5) is 12.2. The van der Waals surface area contributed by atoms with Crippen molar-refractivity contribution in [2.75, 3.05) is 12.4 Å². The molecule has 3 nitrogen and oxygen atoms in total. The number of hydrogen-bond acceptors (Lipinski definition) is 2. The Morgan fingerprint density at radius 3 is 2.28 bits per heavy atom. The molecule has 0 heterocycles. The fraction of sp³-hybridized carbons (Fsp3) is 0.381. The first kappa shape index (κ1) is 17.8. The topological polar surface area (TPSA) is 38.3 Å². The van der Waals surface area contributed by atoms with Crippen LogP contribution in [-0.2, 0) is 4.79 Å². The summed E-state index contributed by atoms with van der Waals surface area (Å²) in [6, 6.07) is 15.6. The second-order valence-corrected chi connectivity index (χ2v) is 7.19. The first-order chi connectivity index (χ1) is 12.1. The Labute approximate surface area is 154 Å². The van der Waals surface area contributed by atoms with E-state index in [1.54, 1.807) is 19.2 Å². The molecule has 1 fully saturated rings. The monoisotopic (exact) mass is 357 g/mol. The minimum atomic E-state index is 0.0928. The fourth-order valence-corrected chi connectivity index (χ4v) is 3.71. The Bertz CT molecular complexity index is 689. The molecule has 1 aliphatic rings. The molecule has 4 heteroatoms. The minimum Gasteiger partial charge on any atom is -0.497 e. The molecule has 0 saturated heterocycles. The number of benzene rings is 2. The summed E-state index contributed by atoms with van der Waals surface area (Å²) in [5.41, 5.74) is 2.19. The molecule has 1 aliphatic carbocycles. The van der Waals surface area contributed by atoms with E-state index in [1.165, 1.54) is 5.56 Å². The maximum atomic E-state index is 12.2. The van der Waals surface area contributed by atoms with Crippen LogP contribution in [0.3, 0.4) is 0 Å². The number of carbonyl (C=O) groups is 1. The number of carbonyl (C=O) groups excluding carboxylic acids is 1. The summed E-state index contributed by atoms with van der Waals surface area (Å²) in [7, 11) is 1.69. The SMILES string of the molecule is COc1ccc([C@H]2CC[C@H](CC(=O)Nc3ccc(Cl)cc3)CC2)cc1. The number of methoxy groups -OCH3 is 1. The van der Waals surface area contributed by atoms with Crippen molar-refractivity contribution in [2.24, 2.45) is 5.92 Å². The molecule has 1 amide bonds. The van der Waals surface area contributed by atoms with Crippen molar-refractivity contribution in [3.8, 4) is 5.75 Å². The molecule has 25 heavy (non-hydrogen) atoms. The van der Waals surface area contributed by atoms with Gasteiger partial charge in [0, 0.05) is 17.1 Å². The number of nitrogens with one attached hydrogen (secondary N) is 1. The molecule has 0 aliphatic heterocycles. The van der Waals surface area contributed by atoms with E-state index in [2.05, 4.69) is 17.4 Å². The van der Waals surface area contributed by atoms with Crippen LogP contribution in [0.15, 0.2) is 48.5 Å². The van der Waals surface area contributed by atoms with Crippen LogP contribution < -0.4 is 10.1 Å². The van der Waals surface area contributed by atoms with E-state index in [1.807, 2.05) is 24.3 Å². The first-order valence-corrected chi connectivity index (χ1v) is 9.21. The average Bonchev–Trinajstić information content (AvgIpc) is 2.64. The molecule has 3 rings (SSSR count). The summed E-state index contributed by atoms with van der Waals surface area (Å²) in [6.45, 7) is 0. The lowest BCUT2D eigenvalue weighted by molar-refractivity contribution is -0.117. The van der Waals surface area contributed by atoms with Crippen molar-refractivity contribution in [1.82, 2.24) is 0 Å².